The van der Waals surface area contributed by atoms with Crippen LogP contribution >= 0.6 is 0 Å². The first-order chi connectivity index (χ1) is 11.5. The van der Waals surface area contributed by atoms with Gasteiger partial charge in [-0.25, -0.2) is 0 Å². The molecule has 2 heteroatoms. The molecule has 1 aliphatic rings. The lowest BCUT2D eigenvalue weighted by molar-refractivity contribution is 0.207. The Kier molecular flexibility index (Phi) is 4.93. The van der Waals surface area contributed by atoms with Crippen molar-refractivity contribution in [2.75, 3.05) is 0 Å². The van der Waals surface area contributed by atoms with E-state index in [0.717, 1.165) is 17.2 Å². The van der Waals surface area contributed by atoms with Gasteiger partial charge in [0.1, 0.15) is 12.4 Å². The number of fused-ring (bicyclic) bond motifs is 1. The first-order valence-electron chi connectivity index (χ1n) is 9.13. The molecule has 0 spiro atoms. The SMILES string of the molecule is CCC1CCc2cc(OCc3cccnc3)ccc2C1C(C)(C)C. The van der Waals surface area contributed by atoms with Crippen LogP contribution in [0.4, 0.5) is 0 Å². The number of hydrogen-bond donors (Lipinski definition) is 0. The standard InChI is InChI=1S/C22H29NO/c1-5-17-8-9-18-13-19(24-15-16-7-6-12-23-14-16)10-11-20(18)21(17)22(2,3)4/h6-7,10-14,17,21H,5,8-9,15H2,1-4H3. The minimum Gasteiger partial charge on any atom is -0.489 e. The van der Waals surface area contributed by atoms with Gasteiger partial charge in [-0.15, -0.1) is 0 Å². The smallest absolute Gasteiger partial charge is 0.120 e. The Morgan fingerprint density at radius 1 is 1.21 bits per heavy atom. The highest BCUT2D eigenvalue weighted by Gasteiger charge is 2.36. The molecule has 0 fully saturated rings. The normalized spacial score (nSPS) is 20.5. The molecule has 2 atom stereocenters. The second-order valence-electron chi connectivity index (χ2n) is 8.06. The van der Waals surface area contributed by atoms with E-state index in [4.69, 9.17) is 4.74 Å². The molecule has 2 unspecified atom stereocenters. The Hall–Kier alpha value is -1.83. The number of aromatic nitrogens is 1. The lowest BCUT2D eigenvalue weighted by Gasteiger charge is -2.41. The van der Waals surface area contributed by atoms with Crippen LogP contribution in [-0.4, -0.2) is 4.98 Å². The van der Waals surface area contributed by atoms with E-state index in [1.165, 1.54) is 30.4 Å². The third kappa shape index (κ3) is 3.63. The third-order valence-corrected chi connectivity index (χ3v) is 5.29. The third-order valence-electron chi connectivity index (χ3n) is 5.29. The van der Waals surface area contributed by atoms with Gasteiger partial charge >= 0.3 is 0 Å². The first-order valence-corrected chi connectivity index (χ1v) is 9.13. The molecule has 1 aliphatic carbocycles. The highest BCUT2D eigenvalue weighted by Crippen LogP contribution is 2.48. The van der Waals surface area contributed by atoms with Crippen molar-refractivity contribution < 1.29 is 4.74 Å². The van der Waals surface area contributed by atoms with Gasteiger partial charge in [0.05, 0.1) is 0 Å². The van der Waals surface area contributed by atoms with Crippen LogP contribution in [0, 0.1) is 11.3 Å². The van der Waals surface area contributed by atoms with Gasteiger partial charge in [0, 0.05) is 18.0 Å². The molecule has 0 radical (unpaired) electrons. The molecule has 0 saturated heterocycles. The van der Waals surface area contributed by atoms with Crippen LogP contribution < -0.4 is 4.74 Å². The Morgan fingerprint density at radius 2 is 2.04 bits per heavy atom. The van der Waals surface area contributed by atoms with Gasteiger partial charge < -0.3 is 4.74 Å². The summed E-state index contributed by atoms with van der Waals surface area (Å²) in [5, 5.41) is 0. The summed E-state index contributed by atoms with van der Waals surface area (Å²) in [6.07, 6.45) is 7.38. The number of ether oxygens (including phenoxy) is 1. The highest BCUT2D eigenvalue weighted by molar-refractivity contribution is 5.40. The molecule has 1 heterocycles. The van der Waals surface area contributed by atoms with E-state index in [2.05, 4.69) is 50.9 Å². The number of aryl methyl sites for hydroxylation is 1. The van der Waals surface area contributed by atoms with Crippen LogP contribution in [0.1, 0.15) is 63.1 Å². The van der Waals surface area contributed by atoms with E-state index in [0.29, 0.717) is 17.9 Å². The van der Waals surface area contributed by atoms with Crippen molar-refractivity contribution >= 4 is 0 Å². The number of hydrogen-bond acceptors (Lipinski definition) is 2. The lowest BCUT2D eigenvalue weighted by atomic mass is 9.63. The molecule has 24 heavy (non-hydrogen) atoms. The molecule has 128 valence electrons. The number of rotatable bonds is 4. The van der Waals surface area contributed by atoms with Crippen LogP contribution in [0.25, 0.3) is 0 Å². The minimum absolute atomic E-state index is 0.300. The fourth-order valence-corrected chi connectivity index (χ4v) is 4.22. The predicted octanol–water partition coefficient (Wildman–Crippen LogP) is 5.76. The molecule has 3 rings (SSSR count). The summed E-state index contributed by atoms with van der Waals surface area (Å²) in [6.45, 7) is 10.0. The lowest BCUT2D eigenvalue weighted by Crippen LogP contribution is -2.30. The van der Waals surface area contributed by atoms with Gasteiger partial charge in [-0.2, -0.15) is 0 Å². The van der Waals surface area contributed by atoms with Crippen LogP contribution in [-0.2, 0) is 13.0 Å². The number of benzene rings is 1. The van der Waals surface area contributed by atoms with Gasteiger partial charge in [0.15, 0.2) is 0 Å². The van der Waals surface area contributed by atoms with Crippen LogP contribution in [0.5, 0.6) is 5.75 Å². The van der Waals surface area contributed by atoms with Gasteiger partial charge in [0.2, 0.25) is 0 Å². The summed E-state index contributed by atoms with van der Waals surface area (Å²) in [5.74, 6) is 2.40. The zero-order valence-electron chi connectivity index (χ0n) is 15.4. The Balaban J connectivity index is 1.81. The molecule has 1 aromatic heterocycles. The van der Waals surface area contributed by atoms with Gasteiger partial charge in [-0.05, 0) is 59.4 Å². The van der Waals surface area contributed by atoms with E-state index in [1.54, 1.807) is 6.20 Å². The molecule has 0 saturated carbocycles. The van der Waals surface area contributed by atoms with Crippen LogP contribution in [0.3, 0.4) is 0 Å². The molecular weight excluding hydrogens is 294 g/mol. The van der Waals surface area contributed by atoms with Crippen LogP contribution in [0.2, 0.25) is 0 Å². The summed E-state index contributed by atoms with van der Waals surface area (Å²) in [5.41, 5.74) is 4.42. The summed E-state index contributed by atoms with van der Waals surface area (Å²) in [4.78, 5) is 4.14. The molecule has 0 aliphatic heterocycles. The van der Waals surface area contributed by atoms with Crippen molar-refractivity contribution in [3.05, 3.63) is 59.4 Å². The van der Waals surface area contributed by atoms with Crippen LogP contribution in [0.15, 0.2) is 42.7 Å². The summed E-state index contributed by atoms with van der Waals surface area (Å²) >= 11 is 0. The Labute approximate surface area is 146 Å². The molecule has 0 amide bonds. The monoisotopic (exact) mass is 323 g/mol. The second kappa shape index (κ2) is 6.96. The van der Waals surface area contributed by atoms with E-state index in [-0.39, 0.29) is 0 Å². The maximum Gasteiger partial charge on any atom is 0.120 e. The van der Waals surface area contributed by atoms with Crippen molar-refractivity contribution in [2.45, 2.75) is 59.5 Å². The molecule has 1 aromatic carbocycles. The molecule has 0 N–H and O–H groups in total. The molecular formula is C22H29NO. The minimum atomic E-state index is 0.300. The largest absolute Gasteiger partial charge is 0.489 e. The van der Waals surface area contributed by atoms with Crippen molar-refractivity contribution in [1.82, 2.24) is 4.98 Å². The Morgan fingerprint density at radius 3 is 2.71 bits per heavy atom. The maximum atomic E-state index is 5.99. The molecule has 2 aromatic rings. The summed E-state index contributed by atoms with van der Waals surface area (Å²) < 4.78 is 5.99. The quantitative estimate of drug-likeness (QED) is 0.713. The van der Waals surface area contributed by atoms with Crippen molar-refractivity contribution in [1.29, 1.82) is 0 Å². The van der Waals surface area contributed by atoms with E-state index < -0.39 is 0 Å². The Bertz CT molecular complexity index is 672. The van der Waals surface area contributed by atoms with E-state index in [9.17, 15) is 0 Å². The van der Waals surface area contributed by atoms with Gasteiger partial charge in [0.25, 0.3) is 0 Å². The summed E-state index contributed by atoms with van der Waals surface area (Å²) in [7, 11) is 0. The fraction of sp³-hybridized carbons (Fsp3) is 0.500. The predicted molar refractivity (Wildman–Crippen MR) is 99.3 cm³/mol. The topological polar surface area (TPSA) is 22.1 Å². The number of nitrogens with zero attached hydrogens (tertiary/aromatic N) is 1. The average molecular weight is 323 g/mol. The van der Waals surface area contributed by atoms with Crippen molar-refractivity contribution in [2.24, 2.45) is 11.3 Å². The van der Waals surface area contributed by atoms with Crippen molar-refractivity contribution in [3.63, 3.8) is 0 Å². The first kappa shape index (κ1) is 17.0. The average Bonchev–Trinajstić information content (AvgIpc) is 2.58. The molecule has 0 bridgehead atoms. The zero-order chi connectivity index (χ0) is 17.2. The van der Waals surface area contributed by atoms with Crippen molar-refractivity contribution in [3.8, 4) is 5.75 Å². The second-order valence-corrected chi connectivity index (χ2v) is 8.06. The summed E-state index contributed by atoms with van der Waals surface area (Å²) in [6, 6.07) is 10.7. The maximum absolute atomic E-state index is 5.99. The van der Waals surface area contributed by atoms with E-state index in [1.807, 2.05) is 18.3 Å². The zero-order valence-corrected chi connectivity index (χ0v) is 15.4. The van der Waals surface area contributed by atoms with Gasteiger partial charge in [-0.1, -0.05) is 46.2 Å². The van der Waals surface area contributed by atoms with Gasteiger partial charge in [-0.3, -0.25) is 4.98 Å². The van der Waals surface area contributed by atoms with E-state index >= 15 is 0 Å². The fourth-order valence-electron chi connectivity index (χ4n) is 4.22. The molecule has 2 nitrogen and oxygen atoms in total. The highest BCUT2D eigenvalue weighted by atomic mass is 16.5. The number of pyridine rings is 1.